The van der Waals surface area contributed by atoms with Crippen LogP contribution < -0.4 is 4.72 Å². The van der Waals surface area contributed by atoms with Crippen LogP contribution in [0.2, 0.25) is 0 Å². The van der Waals surface area contributed by atoms with Gasteiger partial charge in [-0.25, -0.2) is 8.42 Å². The molecule has 0 radical (unpaired) electrons. The predicted molar refractivity (Wildman–Crippen MR) is 81.8 cm³/mol. The van der Waals surface area contributed by atoms with E-state index in [0.29, 0.717) is 18.2 Å². The van der Waals surface area contributed by atoms with Crippen LogP contribution in [0.4, 0.5) is 24.5 Å². The lowest BCUT2D eigenvalue weighted by Crippen LogP contribution is -2.15. The molecule has 0 heterocycles. The van der Waals surface area contributed by atoms with E-state index in [2.05, 4.69) is 0 Å². The van der Waals surface area contributed by atoms with E-state index in [1.807, 2.05) is 4.72 Å². The summed E-state index contributed by atoms with van der Waals surface area (Å²) >= 11 is 0. The van der Waals surface area contributed by atoms with Crippen LogP contribution in [-0.4, -0.2) is 18.4 Å². The van der Waals surface area contributed by atoms with Crippen LogP contribution in [0.15, 0.2) is 41.3 Å². The summed E-state index contributed by atoms with van der Waals surface area (Å²) in [4.78, 5) is 9.49. The summed E-state index contributed by atoms with van der Waals surface area (Å²) in [6.45, 7) is 1.37. The highest BCUT2D eigenvalue weighted by atomic mass is 32.2. The van der Waals surface area contributed by atoms with Crippen molar-refractivity contribution in [3.63, 3.8) is 0 Å². The molecule has 0 atom stereocenters. The number of aryl methyl sites for hydroxylation is 1. The molecule has 2 aromatic carbocycles. The first-order chi connectivity index (χ1) is 11.4. The monoisotopic (exact) mass is 376 g/mol. The Labute approximate surface area is 139 Å². The summed E-state index contributed by atoms with van der Waals surface area (Å²) in [7, 11) is -4.47. The number of alkyl halides is 3. The van der Waals surface area contributed by atoms with E-state index in [-0.39, 0.29) is 5.56 Å². The van der Waals surface area contributed by atoms with Crippen LogP contribution in [-0.2, 0) is 16.2 Å². The van der Waals surface area contributed by atoms with E-state index in [1.165, 1.54) is 13.0 Å². The molecule has 0 fully saturated rings. The molecular formula is C14H11F3N2O5S. The number of hydrogen-bond acceptors (Lipinski definition) is 5. The molecule has 0 unspecified atom stereocenters. The second kappa shape index (κ2) is 6.24. The van der Waals surface area contributed by atoms with Crippen molar-refractivity contribution in [2.45, 2.75) is 18.0 Å². The third kappa shape index (κ3) is 3.99. The molecule has 7 nitrogen and oxygen atoms in total. The molecule has 0 aliphatic heterocycles. The summed E-state index contributed by atoms with van der Waals surface area (Å²) in [6.07, 6.45) is -4.74. The van der Waals surface area contributed by atoms with Crippen molar-refractivity contribution in [1.29, 1.82) is 0 Å². The summed E-state index contributed by atoms with van der Waals surface area (Å²) in [5, 5.41) is 20.4. The van der Waals surface area contributed by atoms with Gasteiger partial charge in [-0.15, -0.1) is 0 Å². The number of non-ortho nitro benzene ring substituents is 1. The molecule has 0 aliphatic carbocycles. The molecule has 11 heteroatoms. The molecule has 0 saturated carbocycles. The van der Waals surface area contributed by atoms with Crippen molar-refractivity contribution < 1.29 is 31.6 Å². The molecule has 0 saturated heterocycles. The van der Waals surface area contributed by atoms with Gasteiger partial charge in [0.15, 0.2) is 0 Å². The molecule has 25 heavy (non-hydrogen) atoms. The van der Waals surface area contributed by atoms with E-state index >= 15 is 0 Å². The van der Waals surface area contributed by atoms with Crippen LogP contribution in [0.1, 0.15) is 11.1 Å². The number of rotatable bonds is 4. The number of sulfonamides is 1. The highest BCUT2D eigenvalue weighted by Crippen LogP contribution is 2.35. The maximum atomic E-state index is 12.7. The quantitative estimate of drug-likeness (QED) is 0.483. The van der Waals surface area contributed by atoms with Gasteiger partial charge in [0.2, 0.25) is 0 Å². The second-order valence-electron chi connectivity index (χ2n) is 5.04. The fourth-order valence-electron chi connectivity index (χ4n) is 1.99. The van der Waals surface area contributed by atoms with Crippen molar-refractivity contribution in [3.05, 3.63) is 57.6 Å². The number of aromatic hydroxyl groups is 1. The number of nitrogens with one attached hydrogen (secondary N) is 1. The van der Waals surface area contributed by atoms with E-state index in [4.69, 9.17) is 0 Å². The number of anilines is 1. The lowest BCUT2D eigenvalue weighted by atomic mass is 10.2. The normalized spacial score (nSPS) is 12.0. The predicted octanol–water partition coefficient (Wildman–Crippen LogP) is 3.43. The van der Waals surface area contributed by atoms with Gasteiger partial charge in [-0.2, -0.15) is 13.2 Å². The Morgan fingerprint density at radius 3 is 2.36 bits per heavy atom. The molecule has 0 aromatic heterocycles. The molecule has 0 amide bonds. The average molecular weight is 376 g/mol. The van der Waals surface area contributed by atoms with Crippen LogP contribution in [0.3, 0.4) is 0 Å². The zero-order valence-electron chi connectivity index (χ0n) is 12.5. The molecular weight excluding hydrogens is 365 g/mol. The van der Waals surface area contributed by atoms with Crippen LogP contribution in [0, 0.1) is 17.0 Å². The summed E-state index contributed by atoms with van der Waals surface area (Å²) < 4.78 is 64.8. The Kier molecular flexibility index (Phi) is 4.62. The molecule has 0 spiro atoms. The number of phenolic OH excluding ortho intramolecular Hbond substituents is 1. The van der Waals surface area contributed by atoms with Crippen molar-refractivity contribution in [2.75, 3.05) is 4.72 Å². The smallest absolute Gasteiger partial charge is 0.416 e. The van der Waals surface area contributed by atoms with Gasteiger partial charge < -0.3 is 5.11 Å². The highest BCUT2D eigenvalue weighted by Gasteiger charge is 2.32. The zero-order valence-corrected chi connectivity index (χ0v) is 13.4. The van der Waals surface area contributed by atoms with Gasteiger partial charge in [0, 0.05) is 12.1 Å². The molecule has 2 aromatic rings. The van der Waals surface area contributed by atoms with E-state index < -0.39 is 48.7 Å². The Hall–Kier alpha value is -2.82. The van der Waals surface area contributed by atoms with Crippen molar-refractivity contribution in [2.24, 2.45) is 0 Å². The van der Waals surface area contributed by atoms with Gasteiger partial charge in [0.1, 0.15) is 5.75 Å². The fourth-order valence-corrected chi connectivity index (χ4v) is 3.32. The molecule has 2 N–H and O–H groups in total. The third-order valence-corrected chi connectivity index (χ3v) is 4.75. The summed E-state index contributed by atoms with van der Waals surface area (Å²) in [5.74, 6) is -0.723. The van der Waals surface area contributed by atoms with Gasteiger partial charge >= 0.3 is 6.18 Å². The number of hydrogen-bond donors (Lipinski definition) is 2. The molecule has 0 aliphatic rings. The summed E-state index contributed by atoms with van der Waals surface area (Å²) in [5.41, 5.74) is -2.22. The summed E-state index contributed by atoms with van der Waals surface area (Å²) in [6, 6.07) is 4.78. The minimum absolute atomic E-state index is 0.143. The van der Waals surface area contributed by atoms with Crippen LogP contribution >= 0.6 is 0 Å². The lowest BCUT2D eigenvalue weighted by molar-refractivity contribution is -0.385. The van der Waals surface area contributed by atoms with Gasteiger partial charge in [-0.05, 0) is 30.7 Å². The molecule has 0 bridgehead atoms. The Morgan fingerprint density at radius 2 is 1.80 bits per heavy atom. The van der Waals surface area contributed by atoms with Gasteiger partial charge in [0.25, 0.3) is 15.7 Å². The number of halogens is 3. The minimum atomic E-state index is -4.74. The van der Waals surface area contributed by atoms with Crippen molar-refractivity contribution in [1.82, 2.24) is 0 Å². The van der Waals surface area contributed by atoms with Gasteiger partial charge in [-0.3, -0.25) is 14.8 Å². The first kappa shape index (κ1) is 18.5. The number of nitro benzene ring substituents is 1. The maximum Gasteiger partial charge on any atom is 0.416 e. The number of nitrogens with zero attached hydrogens (tertiary/aromatic N) is 1. The SMILES string of the molecule is Cc1ccc([N+](=O)[O-])cc1S(=O)(=O)Nc1cc(C(F)(F)F)ccc1O. The van der Waals surface area contributed by atoms with Crippen molar-refractivity contribution in [3.8, 4) is 5.75 Å². The first-order valence-electron chi connectivity index (χ1n) is 6.60. The standard InChI is InChI=1S/C14H11F3N2O5S/c1-8-2-4-10(19(21)22)7-13(8)25(23,24)18-11-6-9(14(15,16)17)3-5-12(11)20/h2-7,18,20H,1H3. The number of nitro groups is 1. The van der Waals surface area contributed by atoms with E-state index in [9.17, 15) is 36.8 Å². The number of benzene rings is 2. The largest absolute Gasteiger partial charge is 0.506 e. The van der Waals surface area contributed by atoms with Gasteiger partial charge in [-0.1, -0.05) is 6.07 Å². The van der Waals surface area contributed by atoms with Gasteiger partial charge in [0.05, 0.1) is 21.1 Å². The Balaban J connectivity index is 2.50. The first-order valence-corrected chi connectivity index (χ1v) is 8.08. The van der Waals surface area contributed by atoms with Crippen LogP contribution in [0.5, 0.6) is 5.75 Å². The minimum Gasteiger partial charge on any atom is -0.506 e. The van der Waals surface area contributed by atoms with Crippen LogP contribution in [0.25, 0.3) is 0 Å². The third-order valence-electron chi connectivity index (χ3n) is 3.24. The van der Waals surface area contributed by atoms with E-state index in [0.717, 1.165) is 12.1 Å². The Bertz CT molecular complexity index is 942. The Morgan fingerprint density at radius 1 is 1.16 bits per heavy atom. The average Bonchev–Trinajstić information content (AvgIpc) is 2.48. The lowest BCUT2D eigenvalue weighted by Gasteiger charge is -2.14. The fraction of sp³-hybridized carbons (Fsp3) is 0.143. The molecule has 134 valence electrons. The topological polar surface area (TPSA) is 110 Å². The maximum absolute atomic E-state index is 12.7. The zero-order chi connectivity index (χ0) is 19.0. The van der Waals surface area contributed by atoms with Crippen molar-refractivity contribution >= 4 is 21.4 Å². The number of phenols is 1. The highest BCUT2D eigenvalue weighted by molar-refractivity contribution is 7.92. The second-order valence-corrected chi connectivity index (χ2v) is 6.69. The molecule has 2 rings (SSSR count). The van der Waals surface area contributed by atoms with E-state index in [1.54, 1.807) is 0 Å².